The van der Waals surface area contributed by atoms with Gasteiger partial charge >= 0.3 is 0 Å². The van der Waals surface area contributed by atoms with Gasteiger partial charge < -0.3 is 9.30 Å². The van der Waals surface area contributed by atoms with E-state index in [1.54, 1.807) is 28.6 Å². The van der Waals surface area contributed by atoms with Gasteiger partial charge in [0, 0.05) is 24.5 Å². The molecular formula is C15H15N3O2. The Bertz CT molecular complexity index is 817. The monoisotopic (exact) mass is 269 g/mol. The van der Waals surface area contributed by atoms with Crippen molar-refractivity contribution in [2.45, 2.75) is 13.5 Å². The van der Waals surface area contributed by atoms with E-state index < -0.39 is 0 Å². The van der Waals surface area contributed by atoms with Crippen LogP contribution in [-0.2, 0) is 6.54 Å². The lowest BCUT2D eigenvalue weighted by atomic mass is 10.1. The van der Waals surface area contributed by atoms with E-state index in [2.05, 4.69) is 5.10 Å². The number of rotatable bonds is 3. The first-order chi connectivity index (χ1) is 9.72. The molecule has 0 spiro atoms. The summed E-state index contributed by atoms with van der Waals surface area (Å²) >= 11 is 0. The largest absolute Gasteiger partial charge is 0.497 e. The maximum atomic E-state index is 12.2. The molecule has 0 bridgehead atoms. The highest BCUT2D eigenvalue weighted by atomic mass is 16.5. The summed E-state index contributed by atoms with van der Waals surface area (Å²) in [7, 11) is 1.63. The molecule has 0 saturated carbocycles. The number of hydrogen-bond acceptors (Lipinski definition) is 3. The number of aromatic nitrogens is 3. The predicted molar refractivity (Wildman–Crippen MR) is 77.1 cm³/mol. The molecule has 0 radical (unpaired) electrons. The van der Waals surface area contributed by atoms with E-state index >= 15 is 0 Å². The van der Waals surface area contributed by atoms with Gasteiger partial charge in [-0.2, -0.15) is 5.10 Å². The van der Waals surface area contributed by atoms with Crippen molar-refractivity contribution in [1.82, 2.24) is 14.2 Å². The predicted octanol–water partition coefficient (Wildman–Crippen LogP) is 2.19. The van der Waals surface area contributed by atoms with Crippen molar-refractivity contribution < 1.29 is 4.74 Å². The second-order valence-corrected chi connectivity index (χ2v) is 4.48. The fraction of sp³-hybridized carbons (Fsp3) is 0.200. The van der Waals surface area contributed by atoms with Gasteiger partial charge in [0.15, 0.2) is 0 Å². The highest BCUT2D eigenvalue weighted by Gasteiger charge is 2.09. The van der Waals surface area contributed by atoms with Crippen LogP contribution in [0.5, 0.6) is 5.75 Å². The van der Waals surface area contributed by atoms with Crippen LogP contribution in [-0.4, -0.2) is 21.3 Å². The summed E-state index contributed by atoms with van der Waals surface area (Å²) in [5.74, 6) is 0.769. The van der Waals surface area contributed by atoms with Crippen molar-refractivity contribution in [3.8, 4) is 17.0 Å². The molecule has 5 heteroatoms. The van der Waals surface area contributed by atoms with Crippen molar-refractivity contribution in [2.24, 2.45) is 0 Å². The molecule has 0 saturated heterocycles. The SMILES string of the molecule is CCn1ccn2nc(-c3cccc(OC)c3)cc2c1=O. The van der Waals surface area contributed by atoms with Crippen LogP contribution in [0, 0.1) is 0 Å². The first-order valence-corrected chi connectivity index (χ1v) is 6.46. The van der Waals surface area contributed by atoms with Gasteiger partial charge in [-0.15, -0.1) is 0 Å². The van der Waals surface area contributed by atoms with E-state index in [0.29, 0.717) is 12.1 Å². The average Bonchev–Trinajstić information content (AvgIpc) is 2.93. The van der Waals surface area contributed by atoms with Crippen molar-refractivity contribution in [1.29, 1.82) is 0 Å². The first kappa shape index (κ1) is 12.5. The van der Waals surface area contributed by atoms with Gasteiger partial charge in [0.25, 0.3) is 5.56 Å². The molecule has 1 aromatic carbocycles. The third-order valence-corrected chi connectivity index (χ3v) is 3.31. The summed E-state index contributed by atoms with van der Waals surface area (Å²) in [5, 5.41) is 4.44. The fourth-order valence-corrected chi connectivity index (χ4v) is 2.20. The quantitative estimate of drug-likeness (QED) is 0.732. The number of ether oxygens (including phenoxy) is 1. The molecule has 2 heterocycles. The van der Waals surface area contributed by atoms with Gasteiger partial charge in [-0.05, 0) is 25.1 Å². The van der Waals surface area contributed by atoms with Crippen molar-refractivity contribution in [2.75, 3.05) is 7.11 Å². The van der Waals surface area contributed by atoms with E-state index in [1.807, 2.05) is 37.3 Å². The molecule has 20 heavy (non-hydrogen) atoms. The van der Waals surface area contributed by atoms with Gasteiger partial charge in [0.05, 0.1) is 12.8 Å². The minimum atomic E-state index is -0.0309. The minimum absolute atomic E-state index is 0.0309. The van der Waals surface area contributed by atoms with Crippen LogP contribution in [0.15, 0.2) is 47.5 Å². The van der Waals surface area contributed by atoms with Crippen molar-refractivity contribution in [3.05, 3.63) is 53.1 Å². The molecule has 0 unspecified atom stereocenters. The van der Waals surface area contributed by atoms with Gasteiger partial charge in [-0.1, -0.05) is 12.1 Å². The molecule has 0 N–H and O–H groups in total. The molecule has 3 rings (SSSR count). The summed E-state index contributed by atoms with van der Waals surface area (Å²) < 4.78 is 8.48. The van der Waals surface area contributed by atoms with Crippen LogP contribution in [0.1, 0.15) is 6.92 Å². The Balaban J connectivity index is 2.17. The fourth-order valence-electron chi connectivity index (χ4n) is 2.20. The van der Waals surface area contributed by atoms with E-state index in [0.717, 1.165) is 17.0 Å². The third-order valence-electron chi connectivity index (χ3n) is 3.31. The Morgan fingerprint density at radius 3 is 2.85 bits per heavy atom. The van der Waals surface area contributed by atoms with Crippen LogP contribution in [0.4, 0.5) is 0 Å². The number of aryl methyl sites for hydroxylation is 1. The third kappa shape index (κ3) is 1.97. The molecule has 0 amide bonds. The Hall–Kier alpha value is -2.56. The zero-order chi connectivity index (χ0) is 14.1. The smallest absolute Gasteiger partial charge is 0.276 e. The van der Waals surface area contributed by atoms with Gasteiger partial charge in [-0.3, -0.25) is 4.79 Å². The number of nitrogens with zero attached hydrogens (tertiary/aromatic N) is 3. The van der Waals surface area contributed by atoms with E-state index in [9.17, 15) is 4.79 Å². The second-order valence-electron chi connectivity index (χ2n) is 4.48. The lowest BCUT2D eigenvalue weighted by Gasteiger charge is -2.01. The molecule has 0 aliphatic carbocycles. The molecule has 3 aromatic rings. The summed E-state index contributed by atoms with van der Waals surface area (Å²) in [6, 6.07) is 9.44. The lowest BCUT2D eigenvalue weighted by molar-refractivity contribution is 0.415. The minimum Gasteiger partial charge on any atom is -0.497 e. The number of benzene rings is 1. The van der Waals surface area contributed by atoms with Crippen molar-refractivity contribution in [3.63, 3.8) is 0 Å². The summed E-state index contributed by atoms with van der Waals surface area (Å²) in [6.45, 7) is 2.59. The average molecular weight is 269 g/mol. The Labute approximate surface area is 116 Å². The number of methoxy groups -OCH3 is 1. The molecular weight excluding hydrogens is 254 g/mol. The highest BCUT2D eigenvalue weighted by molar-refractivity contribution is 5.66. The molecule has 0 atom stereocenters. The Kier molecular flexibility index (Phi) is 3.02. The first-order valence-electron chi connectivity index (χ1n) is 6.46. The second kappa shape index (κ2) is 4.85. The number of fused-ring (bicyclic) bond motifs is 1. The van der Waals surface area contributed by atoms with E-state index in [1.165, 1.54) is 0 Å². The summed E-state index contributed by atoms with van der Waals surface area (Å²) in [4.78, 5) is 12.2. The molecule has 0 aliphatic heterocycles. The van der Waals surface area contributed by atoms with Gasteiger partial charge in [0.1, 0.15) is 11.3 Å². The molecule has 102 valence electrons. The van der Waals surface area contributed by atoms with E-state index in [4.69, 9.17) is 4.74 Å². The van der Waals surface area contributed by atoms with Crippen LogP contribution in [0.3, 0.4) is 0 Å². The van der Waals surface area contributed by atoms with Gasteiger partial charge in [0.2, 0.25) is 0 Å². The molecule has 0 fully saturated rings. The van der Waals surface area contributed by atoms with Crippen LogP contribution in [0.25, 0.3) is 16.8 Å². The van der Waals surface area contributed by atoms with E-state index in [-0.39, 0.29) is 5.56 Å². The summed E-state index contributed by atoms with van der Waals surface area (Å²) in [5.41, 5.74) is 2.23. The maximum Gasteiger partial charge on any atom is 0.276 e. The zero-order valence-electron chi connectivity index (χ0n) is 11.4. The Morgan fingerprint density at radius 1 is 1.25 bits per heavy atom. The number of hydrogen-bond donors (Lipinski definition) is 0. The van der Waals surface area contributed by atoms with Crippen molar-refractivity contribution >= 4 is 5.52 Å². The molecule has 2 aromatic heterocycles. The highest BCUT2D eigenvalue weighted by Crippen LogP contribution is 2.22. The Morgan fingerprint density at radius 2 is 2.10 bits per heavy atom. The standard InChI is InChI=1S/C15H15N3O2/c1-3-17-7-8-18-14(15(17)19)10-13(16-18)11-5-4-6-12(9-11)20-2/h4-10H,3H2,1-2H3. The summed E-state index contributed by atoms with van der Waals surface area (Å²) in [6.07, 6.45) is 3.54. The van der Waals surface area contributed by atoms with Gasteiger partial charge in [-0.25, -0.2) is 4.52 Å². The van der Waals surface area contributed by atoms with Crippen LogP contribution >= 0.6 is 0 Å². The topological polar surface area (TPSA) is 48.5 Å². The lowest BCUT2D eigenvalue weighted by Crippen LogP contribution is -2.20. The normalized spacial score (nSPS) is 10.9. The van der Waals surface area contributed by atoms with Crippen LogP contribution in [0.2, 0.25) is 0 Å². The molecule has 5 nitrogen and oxygen atoms in total. The molecule has 0 aliphatic rings. The maximum absolute atomic E-state index is 12.2. The van der Waals surface area contributed by atoms with Crippen LogP contribution < -0.4 is 10.3 Å². The zero-order valence-corrected chi connectivity index (χ0v) is 11.4.